The fourth-order valence-corrected chi connectivity index (χ4v) is 3.42. The summed E-state index contributed by atoms with van der Waals surface area (Å²) in [5.74, 6) is 1.34. The Morgan fingerprint density at radius 2 is 2.03 bits per heavy atom. The highest BCUT2D eigenvalue weighted by molar-refractivity contribution is 14.0. The molecule has 1 aromatic heterocycles. The number of nitrogens with one attached hydrogen (secondary N) is 3. The molecule has 1 saturated heterocycles. The minimum atomic E-state index is -0.793. The van der Waals surface area contributed by atoms with Gasteiger partial charge in [0.05, 0.1) is 6.04 Å². The lowest BCUT2D eigenvalue weighted by Crippen LogP contribution is -2.43. The maximum Gasteiger partial charge on any atom is 0.325 e. The van der Waals surface area contributed by atoms with E-state index in [1.807, 2.05) is 51.1 Å². The third-order valence-corrected chi connectivity index (χ3v) is 5.43. The molecule has 8 nitrogen and oxygen atoms in total. The van der Waals surface area contributed by atoms with E-state index in [-0.39, 0.29) is 42.0 Å². The molecule has 3 rings (SSSR count). The first-order valence-electron chi connectivity index (χ1n) is 10.6. The fourth-order valence-electron chi connectivity index (χ4n) is 3.42. The number of benzene rings is 1. The predicted molar refractivity (Wildman–Crippen MR) is 133 cm³/mol. The Morgan fingerprint density at radius 1 is 1.29 bits per heavy atom. The number of rotatable bonds is 8. The molecule has 170 valence electrons. The number of imide groups is 1. The van der Waals surface area contributed by atoms with Gasteiger partial charge in [-0.25, -0.2) is 4.79 Å². The van der Waals surface area contributed by atoms with E-state index in [0.29, 0.717) is 31.9 Å². The number of fused-ring (bicyclic) bond motifs is 1. The zero-order chi connectivity index (χ0) is 21.7. The normalized spacial score (nSPS) is 19.9. The summed E-state index contributed by atoms with van der Waals surface area (Å²) in [5, 5.41) is 10.4. The number of carbonyl (C=O) groups excluding carboxylic acids is 2. The highest BCUT2D eigenvalue weighted by atomic mass is 127. The Balaban J connectivity index is 0.00000341. The average molecular weight is 541 g/mol. The second-order valence-electron chi connectivity index (χ2n) is 7.74. The highest BCUT2D eigenvalue weighted by Crippen LogP contribution is 2.23. The summed E-state index contributed by atoms with van der Waals surface area (Å²) in [4.78, 5) is 30.4. The molecule has 0 saturated carbocycles. The van der Waals surface area contributed by atoms with Crippen LogP contribution in [-0.2, 0) is 4.79 Å². The molecule has 0 bridgehead atoms. The van der Waals surface area contributed by atoms with Crippen molar-refractivity contribution in [3.8, 4) is 0 Å². The number of halogens is 1. The second-order valence-corrected chi connectivity index (χ2v) is 7.74. The van der Waals surface area contributed by atoms with Gasteiger partial charge in [-0.1, -0.05) is 25.1 Å². The molecule has 0 radical (unpaired) electrons. The van der Waals surface area contributed by atoms with Crippen LogP contribution in [0.25, 0.3) is 11.0 Å². The van der Waals surface area contributed by atoms with E-state index in [1.165, 1.54) is 4.90 Å². The lowest BCUT2D eigenvalue weighted by atomic mass is 9.99. The van der Waals surface area contributed by atoms with Crippen molar-refractivity contribution in [1.29, 1.82) is 0 Å². The van der Waals surface area contributed by atoms with E-state index < -0.39 is 5.54 Å². The molecule has 2 atom stereocenters. The maximum atomic E-state index is 12.4. The van der Waals surface area contributed by atoms with Crippen molar-refractivity contribution in [1.82, 2.24) is 20.9 Å². The van der Waals surface area contributed by atoms with Crippen LogP contribution in [0.2, 0.25) is 0 Å². The topological polar surface area (TPSA) is 99.0 Å². The lowest BCUT2D eigenvalue weighted by molar-refractivity contribution is -0.130. The first-order chi connectivity index (χ1) is 14.4. The summed E-state index contributed by atoms with van der Waals surface area (Å²) in [6, 6.07) is 9.55. The summed E-state index contributed by atoms with van der Waals surface area (Å²) < 4.78 is 5.92. The van der Waals surface area contributed by atoms with Gasteiger partial charge < -0.3 is 20.4 Å². The molecule has 31 heavy (non-hydrogen) atoms. The molecule has 2 aromatic rings. The number of guanidine groups is 1. The molecule has 3 amide bonds. The number of urea groups is 1. The Bertz CT molecular complexity index is 911. The van der Waals surface area contributed by atoms with Gasteiger partial charge in [-0.2, -0.15) is 0 Å². The summed E-state index contributed by atoms with van der Waals surface area (Å²) in [6.07, 6.45) is 1.16. The van der Waals surface area contributed by atoms with Gasteiger partial charge >= 0.3 is 6.03 Å². The summed E-state index contributed by atoms with van der Waals surface area (Å²) in [7, 11) is 0. The summed E-state index contributed by atoms with van der Waals surface area (Å²) >= 11 is 0. The number of hydrogen-bond donors (Lipinski definition) is 3. The maximum absolute atomic E-state index is 12.4. The minimum Gasteiger partial charge on any atom is -0.459 e. The smallest absolute Gasteiger partial charge is 0.325 e. The largest absolute Gasteiger partial charge is 0.459 e. The third kappa shape index (κ3) is 5.69. The van der Waals surface area contributed by atoms with E-state index >= 15 is 0 Å². The van der Waals surface area contributed by atoms with Crippen LogP contribution < -0.4 is 16.0 Å². The Hall–Kier alpha value is -2.30. The standard InChI is InChI=1S/C22H31N5O3.HI/c1-5-22(4)19(28)27(21(29)26-22)13-9-12-24-20(23-6-2)25-15(3)18-14-16-10-7-8-11-17(16)30-18;/h7-8,10-11,14-15H,5-6,9,12-13H2,1-4H3,(H,26,29)(H2,23,24,25);1H. The molecule has 1 aliphatic heterocycles. The predicted octanol–water partition coefficient (Wildman–Crippen LogP) is 3.78. The van der Waals surface area contributed by atoms with Crippen LogP contribution in [0, 0.1) is 0 Å². The van der Waals surface area contributed by atoms with Crippen LogP contribution in [0.15, 0.2) is 39.7 Å². The SMILES string of the molecule is CCNC(=NCCCN1C(=O)NC(C)(CC)C1=O)NC(C)c1cc2ccccc2o1.I. The number of hydrogen-bond acceptors (Lipinski definition) is 4. The molecule has 9 heteroatoms. The Labute approximate surface area is 200 Å². The van der Waals surface area contributed by atoms with Crippen molar-refractivity contribution in [3.05, 3.63) is 36.1 Å². The lowest BCUT2D eigenvalue weighted by Gasteiger charge is -2.19. The van der Waals surface area contributed by atoms with E-state index in [9.17, 15) is 9.59 Å². The number of carbonyl (C=O) groups is 2. The Morgan fingerprint density at radius 3 is 2.68 bits per heavy atom. The first-order valence-corrected chi connectivity index (χ1v) is 10.6. The highest BCUT2D eigenvalue weighted by Gasteiger charge is 2.45. The second kappa shape index (κ2) is 10.8. The Kier molecular flexibility index (Phi) is 8.72. The average Bonchev–Trinajstić information content (AvgIpc) is 3.25. The van der Waals surface area contributed by atoms with Crippen molar-refractivity contribution in [3.63, 3.8) is 0 Å². The van der Waals surface area contributed by atoms with Crippen LogP contribution in [-0.4, -0.2) is 48.0 Å². The van der Waals surface area contributed by atoms with Crippen LogP contribution in [0.5, 0.6) is 0 Å². The monoisotopic (exact) mass is 541 g/mol. The van der Waals surface area contributed by atoms with Gasteiger partial charge in [0.1, 0.15) is 16.9 Å². The van der Waals surface area contributed by atoms with E-state index in [1.54, 1.807) is 6.92 Å². The molecule has 3 N–H and O–H groups in total. The van der Waals surface area contributed by atoms with Gasteiger partial charge in [-0.15, -0.1) is 24.0 Å². The van der Waals surface area contributed by atoms with Gasteiger partial charge in [-0.3, -0.25) is 14.7 Å². The number of amides is 3. The third-order valence-electron chi connectivity index (χ3n) is 5.43. The molecule has 0 spiro atoms. The quantitative estimate of drug-likeness (QED) is 0.155. The number of furan rings is 1. The van der Waals surface area contributed by atoms with Crippen LogP contribution in [0.4, 0.5) is 4.79 Å². The van der Waals surface area contributed by atoms with Crippen LogP contribution in [0.3, 0.4) is 0 Å². The van der Waals surface area contributed by atoms with E-state index in [2.05, 4.69) is 20.9 Å². The number of aliphatic imine (C=N–C) groups is 1. The van der Waals surface area contributed by atoms with Crippen molar-refractivity contribution in [2.24, 2.45) is 4.99 Å². The van der Waals surface area contributed by atoms with Gasteiger partial charge in [-0.05, 0) is 45.7 Å². The van der Waals surface area contributed by atoms with Gasteiger partial charge in [0.15, 0.2) is 5.96 Å². The van der Waals surface area contributed by atoms with Crippen molar-refractivity contribution in [2.75, 3.05) is 19.6 Å². The number of para-hydroxylation sites is 1. The van der Waals surface area contributed by atoms with Crippen LogP contribution >= 0.6 is 24.0 Å². The number of nitrogens with zero attached hydrogens (tertiary/aromatic N) is 2. The molecule has 1 aliphatic rings. The molecule has 1 fully saturated rings. The zero-order valence-electron chi connectivity index (χ0n) is 18.5. The van der Waals surface area contributed by atoms with E-state index in [4.69, 9.17) is 4.42 Å². The molecular formula is C22H32IN5O3. The summed E-state index contributed by atoms with van der Waals surface area (Å²) in [6.45, 7) is 9.23. The molecule has 2 unspecified atom stereocenters. The van der Waals surface area contributed by atoms with Crippen molar-refractivity contribution >= 4 is 52.8 Å². The fraction of sp³-hybridized carbons (Fsp3) is 0.500. The van der Waals surface area contributed by atoms with E-state index in [0.717, 1.165) is 23.3 Å². The first kappa shape index (κ1) is 25.0. The van der Waals surface area contributed by atoms with Gasteiger partial charge in [0.25, 0.3) is 5.91 Å². The zero-order valence-corrected chi connectivity index (χ0v) is 20.9. The minimum absolute atomic E-state index is 0. The summed E-state index contributed by atoms with van der Waals surface area (Å²) in [5.41, 5.74) is 0.0643. The van der Waals surface area contributed by atoms with Crippen molar-refractivity contribution < 1.29 is 14.0 Å². The molecular weight excluding hydrogens is 509 g/mol. The molecule has 2 heterocycles. The molecule has 1 aromatic carbocycles. The van der Waals surface area contributed by atoms with Gasteiger partial charge in [0.2, 0.25) is 0 Å². The van der Waals surface area contributed by atoms with Crippen molar-refractivity contribution in [2.45, 2.75) is 52.1 Å². The van der Waals surface area contributed by atoms with Crippen LogP contribution in [0.1, 0.15) is 52.3 Å². The molecule has 0 aliphatic carbocycles. The van der Waals surface area contributed by atoms with Gasteiger partial charge in [0, 0.05) is 25.0 Å².